The van der Waals surface area contributed by atoms with Crippen LogP contribution in [0.4, 0.5) is 0 Å². The Morgan fingerprint density at radius 2 is 1.81 bits per heavy atom. The van der Waals surface area contributed by atoms with Gasteiger partial charge in [-0.15, -0.1) is 0 Å². The van der Waals surface area contributed by atoms with Gasteiger partial charge in [0.2, 0.25) is 0 Å². The van der Waals surface area contributed by atoms with Gasteiger partial charge in [-0.1, -0.05) is 23.5 Å². The zero-order valence-corrected chi connectivity index (χ0v) is 19.1. The fraction of sp³-hybridized carbons (Fsp3) is 0.440. The quantitative estimate of drug-likeness (QED) is 0.525. The lowest BCUT2D eigenvalue weighted by Gasteiger charge is -2.46. The zero-order chi connectivity index (χ0) is 21.8. The Balaban J connectivity index is 1.20. The molecule has 0 aliphatic carbocycles. The Labute approximate surface area is 192 Å². The topological polar surface area (TPSA) is 60.5 Å². The van der Waals surface area contributed by atoms with Crippen molar-refractivity contribution in [1.82, 2.24) is 10.3 Å². The molecule has 6 nitrogen and oxygen atoms in total. The second kappa shape index (κ2) is 9.57. The number of ether oxygens (including phenoxy) is 2. The summed E-state index contributed by atoms with van der Waals surface area (Å²) in [6, 6.07) is 16.1. The second-order valence-corrected chi connectivity index (χ2v) is 9.68. The lowest BCUT2D eigenvalue weighted by atomic mass is 9.96. The smallest absolute Gasteiger partial charge is 0.314 e. The van der Waals surface area contributed by atoms with Crippen molar-refractivity contribution in [1.29, 1.82) is 0 Å². The number of piperidine rings is 2. The Morgan fingerprint density at radius 1 is 1.03 bits per heavy atom. The van der Waals surface area contributed by atoms with E-state index >= 15 is 0 Å². The van der Waals surface area contributed by atoms with Crippen molar-refractivity contribution in [3.63, 3.8) is 0 Å². The van der Waals surface area contributed by atoms with E-state index in [1.54, 1.807) is 0 Å². The first-order chi connectivity index (χ1) is 15.7. The Hall–Kier alpha value is -2.48. The number of hydrogen-bond donors (Lipinski definition) is 1. The van der Waals surface area contributed by atoms with Crippen LogP contribution in [-0.2, 0) is 4.79 Å². The first kappa shape index (κ1) is 21.4. The number of para-hydroxylation sites is 1. The number of carbonyl (C=O) groups excluding carboxylic acids is 1. The van der Waals surface area contributed by atoms with Gasteiger partial charge in [0.1, 0.15) is 24.7 Å². The van der Waals surface area contributed by atoms with Crippen molar-refractivity contribution in [2.45, 2.75) is 38.1 Å². The zero-order valence-electron chi connectivity index (χ0n) is 18.3. The molecule has 168 valence electrons. The number of nitrogens with one attached hydrogen (secondary N) is 1. The van der Waals surface area contributed by atoms with Crippen molar-refractivity contribution in [3.8, 4) is 16.7 Å². The maximum Gasteiger partial charge on any atom is 0.314 e. The molecule has 1 amide bonds. The number of benzene rings is 2. The Kier molecular flexibility index (Phi) is 6.39. The van der Waals surface area contributed by atoms with Crippen LogP contribution in [0, 0.1) is 0 Å². The van der Waals surface area contributed by atoms with Crippen molar-refractivity contribution in [2.24, 2.45) is 0 Å². The molecule has 2 aromatic carbocycles. The average molecular weight is 453 g/mol. The van der Waals surface area contributed by atoms with Gasteiger partial charge in [0.15, 0.2) is 0 Å². The number of quaternary nitrogens is 1. The third kappa shape index (κ3) is 4.51. The molecule has 32 heavy (non-hydrogen) atoms. The number of nitrogens with zero attached hydrogens (tertiary/aromatic N) is 2. The van der Waals surface area contributed by atoms with Crippen molar-refractivity contribution in [3.05, 3.63) is 48.5 Å². The maximum atomic E-state index is 13.0. The summed E-state index contributed by atoms with van der Waals surface area (Å²) in [7, 11) is 0. The van der Waals surface area contributed by atoms with E-state index in [2.05, 4.69) is 10.3 Å². The molecule has 5 rings (SSSR count). The molecule has 0 spiro atoms. The predicted molar refractivity (Wildman–Crippen MR) is 126 cm³/mol. The van der Waals surface area contributed by atoms with Gasteiger partial charge in [-0.25, -0.2) is 9.78 Å². The predicted octanol–water partition coefficient (Wildman–Crippen LogP) is 4.75. The monoisotopic (exact) mass is 452 g/mol. The molecule has 0 radical (unpaired) electrons. The number of amides is 1. The fourth-order valence-corrected chi connectivity index (χ4v) is 5.88. The highest BCUT2D eigenvalue weighted by molar-refractivity contribution is 7.20. The minimum absolute atomic E-state index is 0.409. The SMILES string of the molecule is O=C1CCCC[N+]1(CCOc1ccc(Oc2nc3ccccc3s2)cc1)C1CCNCC1. The molecule has 0 saturated carbocycles. The average Bonchev–Trinajstić information content (AvgIpc) is 3.24. The van der Waals surface area contributed by atoms with Crippen LogP contribution in [0.1, 0.15) is 32.1 Å². The summed E-state index contributed by atoms with van der Waals surface area (Å²) in [5.74, 6) is 1.95. The van der Waals surface area contributed by atoms with Crippen LogP contribution in [0.3, 0.4) is 0 Å². The minimum Gasteiger partial charge on any atom is -0.488 e. The third-order valence-electron chi connectivity index (χ3n) is 6.76. The summed E-state index contributed by atoms with van der Waals surface area (Å²) in [4.78, 5) is 17.5. The first-order valence-corrected chi connectivity index (χ1v) is 12.4. The maximum absolute atomic E-state index is 13.0. The van der Waals surface area contributed by atoms with Gasteiger partial charge in [0.25, 0.3) is 5.19 Å². The van der Waals surface area contributed by atoms with Gasteiger partial charge in [-0.05, 0) is 49.2 Å². The molecule has 7 heteroatoms. The summed E-state index contributed by atoms with van der Waals surface area (Å²) in [6.45, 7) is 4.28. The van der Waals surface area contributed by atoms with E-state index in [4.69, 9.17) is 9.47 Å². The number of hydrogen-bond acceptors (Lipinski definition) is 6. The Bertz CT molecular complexity index is 1030. The standard InChI is InChI=1S/C25H30N3O3S/c29-24-7-3-4-16-28(24,19-12-14-26-15-13-19)17-18-30-20-8-10-21(11-9-20)31-25-27-22-5-1-2-6-23(22)32-25/h1-2,5-6,8-11,19,26H,3-4,7,12-18H2/q+1. The van der Waals surface area contributed by atoms with Gasteiger partial charge in [-0.2, -0.15) is 0 Å². The second-order valence-electron chi connectivity index (χ2n) is 8.68. The Morgan fingerprint density at radius 3 is 2.59 bits per heavy atom. The summed E-state index contributed by atoms with van der Waals surface area (Å²) in [5.41, 5.74) is 0.950. The number of thiazole rings is 1. The largest absolute Gasteiger partial charge is 0.488 e. The molecule has 2 aliphatic heterocycles. The number of fused-ring (bicyclic) bond motifs is 1. The number of carbonyl (C=O) groups is 1. The van der Waals surface area contributed by atoms with Crippen LogP contribution in [0.15, 0.2) is 48.5 Å². The van der Waals surface area contributed by atoms with Crippen LogP contribution in [0.25, 0.3) is 10.2 Å². The highest BCUT2D eigenvalue weighted by Crippen LogP contribution is 2.32. The first-order valence-electron chi connectivity index (χ1n) is 11.6. The third-order valence-corrected chi connectivity index (χ3v) is 7.68. The van der Waals surface area contributed by atoms with Crippen LogP contribution in [0.5, 0.6) is 16.7 Å². The highest BCUT2D eigenvalue weighted by Gasteiger charge is 2.45. The van der Waals surface area contributed by atoms with E-state index in [1.807, 2.05) is 48.5 Å². The van der Waals surface area contributed by atoms with E-state index in [9.17, 15) is 4.79 Å². The van der Waals surface area contributed by atoms with E-state index < -0.39 is 0 Å². The van der Waals surface area contributed by atoms with E-state index in [0.29, 0.717) is 34.7 Å². The van der Waals surface area contributed by atoms with Crippen LogP contribution in [-0.4, -0.2) is 54.2 Å². The molecule has 2 fully saturated rings. The molecule has 3 heterocycles. The summed E-state index contributed by atoms with van der Waals surface area (Å²) < 4.78 is 13.7. The molecule has 2 saturated heterocycles. The van der Waals surface area contributed by atoms with Crippen LogP contribution >= 0.6 is 11.3 Å². The molecule has 3 aromatic rings. The van der Waals surface area contributed by atoms with Crippen LogP contribution in [0.2, 0.25) is 0 Å². The normalized spacial score (nSPS) is 22.2. The van der Waals surface area contributed by atoms with Crippen LogP contribution < -0.4 is 14.8 Å². The highest BCUT2D eigenvalue weighted by atomic mass is 32.1. The summed E-state index contributed by atoms with van der Waals surface area (Å²) >= 11 is 1.54. The number of likely N-dealkylation sites (tertiary alicyclic amines) is 1. The minimum atomic E-state index is 0.409. The molecular formula is C25H30N3O3S+. The fourth-order valence-electron chi connectivity index (χ4n) is 5.05. The lowest BCUT2D eigenvalue weighted by molar-refractivity contribution is -0.884. The molecule has 1 unspecified atom stereocenters. The molecule has 1 atom stereocenters. The van der Waals surface area contributed by atoms with Gasteiger partial charge in [0.05, 0.1) is 29.2 Å². The molecule has 1 aromatic heterocycles. The van der Waals surface area contributed by atoms with Crippen molar-refractivity contribution >= 4 is 27.5 Å². The molecule has 0 bridgehead atoms. The van der Waals surface area contributed by atoms with Crippen molar-refractivity contribution < 1.29 is 18.8 Å². The summed E-state index contributed by atoms with van der Waals surface area (Å²) in [5, 5.41) is 4.07. The van der Waals surface area contributed by atoms with E-state index in [1.165, 1.54) is 11.3 Å². The van der Waals surface area contributed by atoms with Gasteiger partial charge < -0.3 is 14.8 Å². The molecule has 1 N–H and O–H groups in total. The molecule has 2 aliphatic rings. The van der Waals surface area contributed by atoms with E-state index in [0.717, 1.165) is 73.6 Å². The molecular weight excluding hydrogens is 422 g/mol. The van der Waals surface area contributed by atoms with Gasteiger partial charge in [-0.3, -0.25) is 4.48 Å². The van der Waals surface area contributed by atoms with Gasteiger partial charge in [0, 0.05) is 25.9 Å². The summed E-state index contributed by atoms with van der Waals surface area (Å²) in [6.07, 6.45) is 5.02. The van der Waals surface area contributed by atoms with Crippen molar-refractivity contribution in [2.75, 3.05) is 32.8 Å². The number of rotatable bonds is 7. The number of aromatic nitrogens is 1. The van der Waals surface area contributed by atoms with E-state index in [-0.39, 0.29) is 0 Å². The lowest BCUT2D eigenvalue weighted by Crippen LogP contribution is -2.64. The van der Waals surface area contributed by atoms with Gasteiger partial charge >= 0.3 is 5.91 Å².